The minimum atomic E-state index is -0.231. The molecule has 5 heteroatoms. The van der Waals surface area contributed by atoms with E-state index in [1.807, 2.05) is 6.07 Å². The number of rotatable bonds is 1. The van der Waals surface area contributed by atoms with Gasteiger partial charge in [0, 0.05) is 30.1 Å². The molecule has 26 heavy (non-hydrogen) atoms. The van der Waals surface area contributed by atoms with Gasteiger partial charge in [-0.05, 0) is 36.3 Å². The van der Waals surface area contributed by atoms with E-state index in [4.69, 9.17) is 12.2 Å². The minimum Gasteiger partial charge on any atom is -0.356 e. The standard InChI is InChI=1S/C21H19N3OS/c1-12-7-9-13(10-8-12)19-18-15(14-5-3-4-6-16(14)22-18)11-17-20(25)23(2)21(26)24(17)19/h3-10,17,19,22H,11H2,1-2H3/t17-,19+/m0/s1. The van der Waals surface area contributed by atoms with Gasteiger partial charge in [-0.25, -0.2) is 0 Å². The van der Waals surface area contributed by atoms with E-state index in [0.717, 1.165) is 16.8 Å². The normalized spacial score (nSPS) is 22.1. The van der Waals surface area contributed by atoms with Crippen LogP contribution >= 0.6 is 12.2 Å². The molecule has 2 aromatic carbocycles. The molecule has 1 fully saturated rings. The fraction of sp³-hybridized carbons (Fsp3) is 0.238. The topological polar surface area (TPSA) is 39.3 Å². The summed E-state index contributed by atoms with van der Waals surface area (Å²) in [4.78, 5) is 20.2. The molecule has 2 atom stereocenters. The van der Waals surface area contributed by atoms with Gasteiger partial charge in [-0.3, -0.25) is 9.69 Å². The summed E-state index contributed by atoms with van der Waals surface area (Å²) >= 11 is 5.65. The van der Waals surface area contributed by atoms with Crippen molar-refractivity contribution in [3.05, 3.63) is 70.9 Å². The van der Waals surface area contributed by atoms with Crippen molar-refractivity contribution in [2.75, 3.05) is 7.05 Å². The zero-order chi connectivity index (χ0) is 18.0. The zero-order valence-corrected chi connectivity index (χ0v) is 15.5. The Balaban J connectivity index is 1.77. The van der Waals surface area contributed by atoms with Crippen LogP contribution in [0.15, 0.2) is 48.5 Å². The lowest BCUT2D eigenvalue weighted by Crippen LogP contribution is -2.44. The molecule has 3 heterocycles. The molecule has 2 aliphatic rings. The third-order valence-electron chi connectivity index (χ3n) is 5.65. The van der Waals surface area contributed by atoms with E-state index in [-0.39, 0.29) is 18.0 Å². The van der Waals surface area contributed by atoms with Crippen molar-refractivity contribution in [1.29, 1.82) is 0 Å². The lowest BCUT2D eigenvalue weighted by Gasteiger charge is -2.37. The number of hydrogen-bond acceptors (Lipinski definition) is 2. The number of likely N-dealkylation sites (N-methyl/N-ethyl adjacent to an activating group) is 1. The maximum atomic E-state index is 12.8. The molecule has 130 valence electrons. The van der Waals surface area contributed by atoms with Crippen LogP contribution in [-0.2, 0) is 11.2 Å². The molecule has 1 amide bonds. The second-order valence-electron chi connectivity index (χ2n) is 7.18. The molecule has 2 aliphatic heterocycles. The molecule has 3 aromatic rings. The fourth-order valence-electron chi connectivity index (χ4n) is 4.30. The number of nitrogens with one attached hydrogen (secondary N) is 1. The van der Waals surface area contributed by atoms with E-state index < -0.39 is 0 Å². The summed E-state index contributed by atoms with van der Waals surface area (Å²) in [6.45, 7) is 2.08. The smallest absolute Gasteiger partial charge is 0.251 e. The van der Waals surface area contributed by atoms with E-state index in [0.29, 0.717) is 11.5 Å². The van der Waals surface area contributed by atoms with Crippen LogP contribution in [0.1, 0.15) is 28.4 Å². The Kier molecular flexibility index (Phi) is 3.25. The van der Waals surface area contributed by atoms with Gasteiger partial charge in [0.2, 0.25) is 0 Å². The van der Waals surface area contributed by atoms with Crippen molar-refractivity contribution in [2.24, 2.45) is 0 Å². The summed E-state index contributed by atoms with van der Waals surface area (Å²) in [5.74, 6) is 0.0862. The first kappa shape index (κ1) is 15.6. The Hall–Kier alpha value is -2.66. The first-order valence-electron chi connectivity index (χ1n) is 8.82. The van der Waals surface area contributed by atoms with Crippen molar-refractivity contribution in [1.82, 2.24) is 14.8 Å². The predicted molar refractivity (Wildman–Crippen MR) is 106 cm³/mol. The van der Waals surface area contributed by atoms with Gasteiger partial charge in [0.1, 0.15) is 6.04 Å². The molecule has 1 saturated heterocycles. The summed E-state index contributed by atoms with van der Waals surface area (Å²) in [5.41, 5.74) is 5.87. The largest absolute Gasteiger partial charge is 0.356 e. The van der Waals surface area contributed by atoms with Crippen molar-refractivity contribution >= 4 is 34.1 Å². The third-order valence-corrected chi connectivity index (χ3v) is 6.13. The second-order valence-corrected chi connectivity index (χ2v) is 7.55. The lowest BCUT2D eigenvalue weighted by molar-refractivity contribution is -0.127. The lowest BCUT2D eigenvalue weighted by atomic mass is 9.88. The van der Waals surface area contributed by atoms with Gasteiger partial charge >= 0.3 is 0 Å². The minimum absolute atomic E-state index is 0.0712. The number of aromatic amines is 1. The number of carbonyl (C=O) groups excluding carboxylic acids is 1. The van der Waals surface area contributed by atoms with Gasteiger partial charge < -0.3 is 9.88 Å². The quantitative estimate of drug-likeness (QED) is 0.674. The van der Waals surface area contributed by atoms with Gasteiger partial charge in [-0.2, -0.15) is 0 Å². The summed E-state index contributed by atoms with van der Waals surface area (Å²) < 4.78 is 0. The highest BCUT2D eigenvalue weighted by Crippen LogP contribution is 2.43. The van der Waals surface area contributed by atoms with E-state index in [1.54, 1.807) is 11.9 Å². The highest BCUT2D eigenvalue weighted by molar-refractivity contribution is 7.80. The fourth-order valence-corrected chi connectivity index (χ4v) is 4.62. The van der Waals surface area contributed by atoms with Crippen LogP contribution in [0.25, 0.3) is 10.9 Å². The first-order valence-corrected chi connectivity index (χ1v) is 9.23. The number of aryl methyl sites for hydroxylation is 1. The number of amides is 1. The molecule has 0 spiro atoms. The number of hydrogen-bond donors (Lipinski definition) is 1. The Morgan fingerprint density at radius 3 is 2.62 bits per heavy atom. The van der Waals surface area contributed by atoms with Crippen LogP contribution in [0, 0.1) is 6.92 Å². The van der Waals surface area contributed by atoms with Gasteiger partial charge in [-0.1, -0.05) is 48.0 Å². The number of fused-ring (bicyclic) bond motifs is 4. The maximum Gasteiger partial charge on any atom is 0.251 e. The first-order chi connectivity index (χ1) is 12.6. The second kappa shape index (κ2) is 5.42. The summed E-state index contributed by atoms with van der Waals surface area (Å²) in [7, 11) is 1.78. The van der Waals surface area contributed by atoms with Gasteiger partial charge in [-0.15, -0.1) is 0 Å². The molecule has 0 unspecified atom stereocenters. The molecular weight excluding hydrogens is 342 g/mol. The van der Waals surface area contributed by atoms with Crippen LogP contribution in [0.5, 0.6) is 0 Å². The van der Waals surface area contributed by atoms with Crippen LogP contribution in [0.3, 0.4) is 0 Å². The summed E-state index contributed by atoms with van der Waals surface area (Å²) in [6, 6.07) is 16.5. The van der Waals surface area contributed by atoms with Gasteiger partial charge in [0.15, 0.2) is 5.11 Å². The van der Waals surface area contributed by atoms with E-state index in [9.17, 15) is 4.79 Å². The molecule has 0 bridgehead atoms. The van der Waals surface area contributed by atoms with Crippen molar-refractivity contribution < 1.29 is 4.79 Å². The average molecular weight is 361 g/mol. The Labute approximate surface area is 157 Å². The molecule has 5 rings (SSSR count). The van der Waals surface area contributed by atoms with Crippen molar-refractivity contribution in [3.8, 4) is 0 Å². The number of para-hydroxylation sites is 1. The molecule has 1 N–H and O–H groups in total. The monoisotopic (exact) mass is 361 g/mol. The zero-order valence-electron chi connectivity index (χ0n) is 14.7. The van der Waals surface area contributed by atoms with E-state index in [1.165, 1.54) is 16.5 Å². The highest BCUT2D eigenvalue weighted by Gasteiger charge is 2.49. The molecular formula is C21H19N3OS. The van der Waals surface area contributed by atoms with Crippen molar-refractivity contribution in [3.63, 3.8) is 0 Å². The van der Waals surface area contributed by atoms with Crippen LogP contribution < -0.4 is 0 Å². The average Bonchev–Trinajstić information content (AvgIpc) is 3.13. The van der Waals surface area contributed by atoms with Crippen LogP contribution in [-0.4, -0.2) is 38.9 Å². The molecule has 0 radical (unpaired) electrons. The molecule has 0 saturated carbocycles. The summed E-state index contributed by atoms with van der Waals surface area (Å²) in [5, 5.41) is 1.81. The number of nitrogens with zero attached hydrogens (tertiary/aromatic N) is 2. The Morgan fingerprint density at radius 1 is 1.12 bits per heavy atom. The number of H-pyrrole nitrogens is 1. The Bertz CT molecular complexity index is 1050. The van der Waals surface area contributed by atoms with Crippen LogP contribution in [0.4, 0.5) is 0 Å². The molecule has 0 aliphatic carbocycles. The highest BCUT2D eigenvalue weighted by atomic mass is 32.1. The summed E-state index contributed by atoms with van der Waals surface area (Å²) in [6.07, 6.45) is 0.686. The van der Waals surface area contributed by atoms with Gasteiger partial charge in [0.25, 0.3) is 5.91 Å². The van der Waals surface area contributed by atoms with Gasteiger partial charge in [0.05, 0.1) is 6.04 Å². The van der Waals surface area contributed by atoms with E-state index >= 15 is 0 Å². The Morgan fingerprint density at radius 2 is 1.85 bits per heavy atom. The molecule has 4 nitrogen and oxygen atoms in total. The SMILES string of the molecule is Cc1ccc([C@@H]2c3[nH]c4ccccc4c3C[C@H]3C(=O)N(C)C(=S)N23)cc1. The third kappa shape index (κ3) is 2.01. The molecule has 1 aromatic heterocycles. The predicted octanol–water partition coefficient (Wildman–Crippen LogP) is 3.55. The number of thiocarbonyl (C=S) groups is 1. The number of carbonyl (C=O) groups is 1. The van der Waals surface area contributed by atoms with Crippen LogP contribution in [0.2, 0.25) is 0 Å². The van der Waals surface area contributed by atoms with E-state index in [2.05, 4.69) is 59.3 Å². The van der Waals surface area contributed by atoms with Crippen molar-refractivity contribution in [2.45, 2.75) is 25.4 Å². The number of aromatic nitrogens is 1. The number of benzene rings is 2. The maximum absolute atomic E-state index is 12.8.